The van der Waals surface area contributed by atoms with Gasteiger partial charge in [-0.3, -0.25) is 0 Å². The maximum atomic E-state index is 14.0. The second-order valence-electron chi connectivity index (χ2n) is 6.20. The van der Waals surface area contributed by atoms with E-state index in [1.807, 2.05) is 6.07 Å². The molecule has 0 aromatic heterocycles. The summed E-state index contributed by atoms with van der Waals surface area (Å²) in [5, 5.41) is 0. The summed E-state index contributed by atoms with van der Waals surface area (Å²) in [5.41, 5.74) is 0.742. The Morgan fingerprint density at radius 1 is 1.00 bits per heavy atom. The molecule has 26 heavy (non-hydrogen) atoms. The van der Waals surface area contributed by atoms with Crippen molar-refractivity contribution in [3.05, 3.63) is 65.7 Å². The van der Waals surface area contributed by atoms with Gasteiger partial charge in [-0.1, -0.05) is 36.4 Å². The number of hydrogen-bond acceptors (Lipinski definition) is 3. The van der Waals surface area contributed by atoms with Crippen molar-refractivity contribution >= 4 is 10.0 Å². The molecule has 5 nitrogen and oxygen atoms in total. The SMILES string of the molecule is O=S(=O)(N[C@H](C[NH+]1CCOCC1)c1ccccc1)c1c(F)cccc1F. The van der Waals surface area contributed by atoms with E-state index in [0.717, 1.165) is 36.9 Å². The minimum Gasteiger partial charge on any atom is -0.370 e. The van der Waals surface area contributed by atoms with Crippen molar-refractivity contribution in [2.24, 2.45) is 0 Å². The highest BCUT2D eigenvalue weighted by Crippen LogP contribution is 2.21. The van der Waals surface area contributed by atoms with Crippen LogP contribution in [0.25, 0.3) is 0 Å². The van der Waals surface area contributed by atoms with E-state index in [0.29, 0.717) is 19.8 Å². The first-order valence-electron chi connectivity index (χ1n) is 8.40. The summed E-state index contributed by atoms with van der Waals surface area (Å²) in [4.78, 5) is 0.222. The number of hydrogen-bond donors (Lipinski definition) is 2. The van der Waals surface area contributed by atoms with Gasteiger partial charge in [0.25, 0.3) is 0 Å². The molecule has 8 heteroatoms. The molecule has 3 rings (SSSR count). The number of morpholine rings is 1. The fourth-order valence-corrected chi connectivity index (χ4v) is 4.41. The molecule has 0 bridgehead atoms. The van der Waals surface area contributed by atoms with Crippen LogP contribution in [0.2, 0.25) is 0 Å². The quantitative estimate of drug-likeness (QED) is 0.779. The third kappa shape index (κ3) is 4.45. The van der Waals surface area contributed by atoms with Crippen molar-refractivity contribution in [1.29, 1.82) is 0 Å². The third-order valence-electron chi connectivity index (χ3n) is 4.38. The number of nitrogens with one attached hydrogen (secondary N) is 2. The van der Waals surface area contributed by atoms with Crippen LogP contribution in [0.15, 0.2) is 53.4 Å². The fourth-order valence-electron chi connectivity index (χ4n) is 3.05. The Bertz CT molecular complexity index is 821. The van der Waals surface area contributed by atoms with Gasteiger partial charge in [-0.2, -0.15) is 4.72 Å². The smallest absolute Gasteiger partial charge is 0.247 e. The molecule has 0 spiro atoms. The van der Waals surface area contributed by atoms with E-state index in [1.165, 1.54) is 4.90 Å². The Morgan fingerprint density at radius 2 is 1.62 bits per heavy atom. The van der Waals surface area contributed by atoms with Gasteiger partial charge in [0.2, 0.25) is 10.0 Å². The lowest BCUT2D eigenvalue weighted by Gasteiger charge is -2.28. The standard InChI is InChI=1S/C18H20F2N2O3S/c19-15-7-4-8-16(20)18(15)26(23,24)21-17(14-5-2-1-3-6-14)13-22-9-11-25-12-10-22/h1-8,17,21H,9-13H2/p+1/t17-/m1/s1. The highest BCUT2D eigenvalue weighted by Gasteiger charge is 2.30. The molecule has 1 atom stereocenters. The molecular formula is C18H21F2N2O3S+. The van der Waals surface area contributed by atoms with Gasteiger partial charge in [0.15, 0.2) is 4.90 Å². The van der Waals surface area contributed by atoms with E-state index in [4.69, 9.17) is 4.74 Å². The zero-order valence-electron chi connectivity index (χ0n) is 14.1. The third-order valence-corrected chi connectivity index (χ3v) is 5.90. The highest BCUT2D eigenvalue weighted by atomic mass is 32.2. The molecule has 0 saturated carbocycles. The van der Waals surface area contributed by atoms with Crippen molar-refractivity contribution in [3.8, 4) is 0 Å². The molecule has 1 aliphatic rings. The van der Waals surface area contributed by atoms with E-state index >= 15 is 0 Å². The van der Waals surface area contributed by atoms with Crippen LogP contribution in [0.5, 0.6) is 0 Å². The van der Waals surface area contributed by atoms with Crippen LogP contribution in [0.1, 0.15) is 11.6 Å². The van der Waals surface area contributed by atoms with Crippen LogP contribution >= 0.6 is 0 Å². The van der Waals surface area contributed by atoms with Gasteiger partial charge in [0, 0.05) is 0 Å². The average molecular weight is 383 g/mol. The van der Waals surface area contributed by atoms with Gasteiger partial charge in [-0.15, -0.1) is 0 Å². The summed E-state index contributed by atoms with van der Waals surface area (Å²) in [5.74, 6) is -2.22. The monoisotopic (exact) mass is 383 g/mol. The largest absolute Gasteiger partial charge is 0.370 e. The number of rotatable bonds is 6. The van der Waals surface area contributed by atoms with Crippen LogP contribution in [-0.4, -0.2) is 41.3 Å². The highest BCUT2D eigenvalue weighted by molar-refractivity contribution is 7.89. The van der Waals surface area contributed by atoms with E-state index in [-0.39, 0.29) is 0 Å². The number of sulfonamides is 1. The fraction of sp³-hybridized carbons (Fsp3) is 0.333. The maximum Gasteiger partial charge on any atom is 0.247 e. The summed E-state index contributed by atoms with van der Waals surface area (Å²) in [6, 6.07) is 11.4. The Kier molecular flexibility index (Phi) is 5.98. The Morgan fingerprint density at radius 3 is 2.23 bits per heavy atom. The Labute approximate surface area is 151 Å². The average Bonchev–Trinajstić information content (AvgIpc) is 2.62. The maximum absolute atomic E-state index is 14.0. The van der Waals surface area contributed by atoms with Crippen molar-refractivity contribution in [3.63, 3.8) is 0 Å². The molecule has 0 unspecified atom stereocenters. The molecule has 1 saturated heterocycles. The summed E-state index contributed by atoms with van der Waals surface area (Å²) >= 11 is 0. The minimum atomic E-state index is -4.36. The number of ether oxygens (including phenoxy) is 1. The van der Waals surface area contributed by atoms with Crippen molar-refractivity contribution < 1.29 is 26.8 Å². The predicted octanol–water partition coefficient (Wildman–Crippen LogP) is 0.900. The lowest BCUT2D eigenvalue weighted by atomic mass is 10.1. The molecular weight excluding hydrogens is 362 g/mol. The van der Waals surface area contributed by atoms with Gasteiger partial charge in [-0.05, 0) is 17.7 Å². The molecule has 2 aromatic carbocycles. The van der Waals surface area contributed by atoms with E-state index in [2.05, 4.69) is 4.72 Å². The zero-order chi connectivity index (χ0) is 18.6. The second kappa shape index (κ2) is 8.22. The molecule has 2 aromatic rings. The van der Waals surface area contributed by atoms with Gasteiger partial charge in [0.05, 0.1) is 25.8 Å². The normalized spacial score (nSPS) is 17.2. The molecule has 0 amide bonds. The van der Waals surface area contributed by atoms with Crippen molar-refractivity contribution in [1.82, 2.24) is 4.72 Å². The summed E-state index contributed by atoms with van der Waals surface area (Å²) in [6.45, 7) is 3.16. The Balaban J connectivity index is 1.89. The van der Waals surface area contributed by atoms with Gasteiger partial charge in [0.1, 0.15) is 24.7 Å². The van der Waals surface area contributed by atoms with Crippen molar-refractivity contribution in [2.75, 3.05) is 32.8 Å². The van der Waals surface area contributed by atoms with Gasteiger partial charge in [-0.25, -0.2) is 17.2 Å². The predicted molar refractivity (Wildman–Crippen MR) is 92.2 cm³/mol. The number of halogens is 2. The first kappa shape index (κ1) is 18.9. The van der Waals surface area contributed by atoms with Crippen LogP contribution < -0.4 is 9.62 Å². The number of quaternary nitrogens is 1. The molecule has 1 fully saturated rings. The van der Waals surface area contributed by atoms with Crippen LogP contribution in [0, 0.1) is 11.6 Å². The van der Waals surface area contributed by atoms with Gasteiger partial charge >= 0.3 is 0 Å². The molecule has 0 aliphatic carbocycles. The van der Waals surface area contributed by atoms with E-state index in [9.17, 15) is 17.2 Å². The van der Waals surface area contributed by atoms with Crippen LogP contribution in [-0.2, 0) is 14.8 Å². The molecule has 140 valence electrons. The lowest BCUT2D eigenvalue weighted by molar-refractivity contribution is -0.909. The second-order valence-corrected chi connectivity index (χ2v) is 7.85. The molecule has 2 N–H and O–H groups in total. The van der Waals surface area contributed by atoms with Crippen molar-refractivity contribution in [2.45, 2.75) is 10.9 Å². The van der Waals surface area contributed by atoms with E-state index < -0.39 is 32.6 Å². The first-order valence-corrected chi connectivity index (χ1v) is 9.88. The Hall–Kier alpha value is -1.87. The van der Waals surface area contributed by atoms with Gasteiger partial charge < -0.3 is 9.64 Å². The molecule has 1 aliphatic heterocycles. The zero-order valence-corrected chi connectivity index (χ0v) is 14.9. The van der Waals surface area contributed by atoms with Crippen LogP contribution in [0.4, 0.5) is 8.78 Å². The first-order chi connectivity index (χ1) is 12.5. The summed E-state index contributed by atoms with van der Waals surface area (Å²) < 4.78 is 61.1. The topological polar surface area (TPSA) is 59.8 Å². The summed E-state index contributed by atoms with van der Waals surface area (Å²) in [6.07, 6.45) is 0. The lowest BCUT2D eigenvalue weighted by Crippen LogP contribution is -3.14. The molecule has 1 heterocycles. The number of benzene rings is 2. The van der Waals surface area contributed by atoms with Crippen LogP contribution in [0.3, 0.4) is 0 Å². The summed E-state index contributed by atoms with van der Waals surface area (Å²) in [7, 11) is -4.36. The minimum absolute atomic E-state index is 0.461. The molecule has 0 radical (unpaired) electrons. The van der Waals surface area contributed by atoms with E-state index in [1.54, 1.807) is 24.3 Å².